The molecule has 9 heteroatoms. The average Bonchev–Trinajstić information content (AvgIpc) is 3.38. The maximum atomic E-state index is 12.7. The van der Waals surface area contributed by atoms with E-state index >= 15 is 0 Å². The lowest BCUT2D eigenvalue weighted by Crippen LogP contribution is -2.41. The van der Waals surface area contributed by atoms with Crippen LogP contribution in [-0.2, 0) is 23.1 Å². The van der Waals surface area contributed by atoms with E-state index in [0.29, 0.717) is 18.4 Å². The molecular weight excluding hydrogens is 448 g/mol. The van der Waals surface area contributed by atoms with Crippen LogP contribution in [0.1, 0.15) is 52.9 Å². The summed E-state index contributed by atoms with van der Waals surface area (Å²) in [6.07, 6.45) is 1.77. The summed E-state index contributed by atoms with van der Waals surface area (Å²) in [6, 6.07) is 15.2. The van der Waals surface area contributed by atoms with E-state index in [4.69, 9.17) is 4.74 Å². The van der Waals surface area contributed by atoms with E-state index in [1.165, 1.54) is 10.9 Å². The Kier molecular flexibility index (Phi) is 7.14. The highest BCUT2D eigenvalue weighted by Gasteiger charge is 2.29. The number of hydrogen-bond donors (Lipinski definition) is 3. The van der Waals surface area contributed by atoms with Crippen molar-refractivity contribution in [3.05, 3.63) is 77.1 Å². The van der Waals surface area contributed by atoms with Gasteiger partial charge in [0.2, 0.25) is 0 Å². The van der Waals surface area contributed by atoms with Crippen LogP contribution in [0.2, 0.25) is 0 Å². The fraction of sp³-hybridized carbons (Fsp3) is 0.308. The zero-order valence-corrected chi connectivity index (χ0v) is 19.7. The molecular formula is C26H28N4O5. The Labute approximate surface area is 203 Å². The Morgan fingerprint density at radius 1 is 1.09 bits per heavy atom. The van der Waals surface area contributed by atoms with Crippen molar-refractivity contribution < 1.29 is 24.2 Å². The lowest BCUT2D eigenvalue weighted by atomic mass is 9.98. The number of carbonyl (C=O) groups is 3. The van der Waals surface area contributed by atoms with E-state index in [9.17, 15) is 19.5 Å². The van der Waals surface area contributed by atoms with Gasteiger partial charge >= 0.3 is 12.1 Å². The van der Waals surface area contributed by atoms with E-state index in [1.807, 2.05) is 43.3 Å². The molecule has 182 valence electrons. The van der Waals surface area contributed by atoms with Crippen molar-refractivity contribution in [2.75, 3.05) is 6.61 Å². The second-order valence-electron chi connectivity index (χ2n) is 8.47. The van der Waals surface area contributed by atoms with Gasteiger partial charge in [-0.05, 0) is 28.7 Å². The first-order valence-corrected chi connectivity index (χ1v) is 11.5. The highest BCUT2D eigenvalue weighted by atomic mass is 16.5. The van der Waals surface area contributed by atoms with Gasteiger partial charge in [0.05, 0.1) is 12.7 Å². The number of rotatable bonds is 9. The summed E-state index contributed by atoms with van der Waals surface area (Å²) >= 11 is 0. The number of nitrogens with one attached hydrogen (secondary N) is 2. The number of aryl methyl sites for hydroxylation is 1. The number of carboxylic acids is 1. The van der Waals surface area contributed by atoms with Crippen molar-refractivity contribution in [1.82, 2.24) is 20.4 Å². The van der Waals surface area contributed by atoms with Gasteiger partial charge in [0.1, 0.15) is 18.3 Å². The number of amides is 2. The van der Waals surface area contributed by atoms with E-state index in [-0.39, 0.29) is 24.8 Å². The summed E-state index contributed by atoms with van der Waals surface area (Å²) in [5.41, 5.74) is 5.17. The molecule has 0 spiro atoms. The first kappa shape index (κ1) is 24.0. The van der Waals surface area contributed by atoms with Gasteiger partial charge in [-0.15, -0.1) is 0 Å². The van der Waals surface area contributed by atoms with Crippen LogP contribution in [0.5, 0.6) is 0 Å². The van der Waals surface area contributed by atoms with Gasteiger partial charge in [0.25, 0.3) is 5.91 Å². The van der Waals surface area contributed by atoms with E-state index in [2.05, 4.69) is 27.9 Å². The van der Waals surface area contributed by atoms with Gasteiger partial charge in [-0.1, -0.05) is 61.9 Å². The number of aliphatic carboxylic acids is 1. The predicted octanol–water partition coefficient (Wildman–Crippen LogP) is 3.44. The number of fused-ring (bicyclic) bond motifs is 3. The largest absolute Gasteiger partial charge is 0.480 e. The molecule has 0 unspecified atom stereocenters. The van der Waals surface area contributed by atoms with Crippen molar-refractivity contribution in [3.63, 3.8) is 0 Å². The Hall–Kier alpha value is -4.14. The SMILES string of the molecule is CCC[C@H](NC(=O)c1c(CNC(=O)OCC2c3ccccc3-c3ccccc32)cnn1C)C(=O)O. The molecule has 3 aromatic rings. The fourth-order valence-electron chi connectivity index (χ4n) is 4.49. The fourth-order valence-corrected chi connectivity index (χ4v) is 4.49. The zero-order valence-electron chi connectivity index (χ0n) is 19.7. The van der Waals surface area contributed by atoms with Crippen LogP contribution >= 0.6 is 0 Å². The highest BCUT2D eigenvalue weighted by molar-refractivity contribution is 5.96. The van der Waals surface area contributed by atoms with Crippen LogP contribution < -0.4 is 10.6 Å². The Morgan fingerprint density at radius 3 is 2.31 bits per heavy atom. The third-order valence-electron chi connectivity index (χ3n) is 6.18. The topological polar surface area (TPSA) is 123 Å². The maximum Gasteiger partial charge on any atom is 0.407 e. The standard InChI is InChI=1S/C26H28N4O5/c1-3-8-22(25(32)33)29-24(31)23-16(14-28-30(23)2)13-27-26(34)35-15-21-19-11-6-4-9-17(19)18-10-5-7-12-20(18)21/h4-7,9-12,14,21-22H,3,8,13,15H2,1-2H3,(H,27,34)(H,29,31)(H,32,33)/t22-/m0/s1. The van der Waals surface area contributed by atoms with E-state index in [0.717, 1.165) is 22.3 Å². The molecule has 0 fully saturated rings. The summed E-state index contributed by atoms with van der Waals surface area (Å²) < 4.78 is 6.90. The third-order valence-corrected chi connectivity index (χ3v) is 6.18. The summed E-state index contributed by atoms with van der Waals surface area (Å²) in [4.78, 5) is 36.6. The predicted molar refractivity (Wildman–Crippen MR) is 129 cm³/mol. The van der Waals surface area contributed by atoms with Crippen LogP contribution in [0.15, 0.2) is 54.7 Å². The number of aromatic nitrogens is 2. The summed E-state index contributed by atoms with van der Waals surface area (Å²) in [7, 11) is 1.58. The van der Waals surface area contributed by atoms with Gasteiger partial charge in [0, 0.05) is 18.5 Å². The monoisotopic (exact) mass is 476 g/mol. The number of nitrogens with zero attached hydrogens (tertiary/aromatic N) is 2. The molecule has 2 aromatic carbocycles. The molecule has 0 radical (unpaired) electrons. The average molecular weight is 477 g/mol. The molecule has 0 bridgehead atoms. The molecule has 1 heterocycles. The molecule has 9 nitrogen and oxygen atoms in total. The third kappa shape index (κ3) is 5.03. The van der Waals surface area contributed by atoms with Gasteiger partial charge in [-0.25, -0.2) is 9.59 Å². The van der Waals surface area contributed by atoms with Crippen LogP contribution in [-0.4, -0.2) is 45.5 Å². The molecule has 0 saturated heterocycles. The zero-order chi connectivity index (χ0) is 24.9. The molecule has 1 atom stereocenters. The molecule has 0 aliphatic heterocycles. The van der Waals surface area contributed by atoms with E-state index < -0.39 is 24.0 Å². The van der Waals surface area contributed by atoms with Crippen LogP contribution in [0.4, 0.5) is 4.79 Å². The minimum absolute atomic E-state index is 0.0127. The van der Waals surface area contributed by atoms with Gasteiger partial charge in [-0.3, -0.25) is 9.48 Å². The summed E-state index contributed by atoms with van der Waals surface area (Å²) in [6.45, 7) is 2.03. The molecule has 1 aliphatic rings. The number of alkyl carbamates (subject to hydrolysis) is 1. The molecule has 0 saturated carbocycles. The molecule has 4 rings (SSSR count). The minimum atomic E-state index is -1.10. The quantitative estimate of drug-likeness (QED) is 0.435. The number of carboxylic acid groups (broad SMARTS) is 1. The molecule has 3 N–H and O–H groups in total. The maximum absolute atomic E-state index is 12.7. The van der Waals surface area contributed by atoms with Crippen molar-refractivity contribution in [3.8, 4) is 11.1 Å². The summed E-state index contributed by atoms with van der Waals surface area (Å²) in [5, 5.41) is 18.6. The van der Waals surface area contributed by atoms with Crippen LogP contribution in [0, 0.1) is 0 Å². The molecule has 1 aliphatic carbocycles. The number of carbonyl (C=O) groups excluding carboxylic acids is 2. The number of ether oxygens (including phenoxy) is 1. The van der Waals surface area contributed by atoms with Gasteiger partial charge in [-0.2, -0.15) is 5.10 Å². The van der Waals surface area contributed by atoms with Gasteiger partial charge < -0.3 is 20.5 Å². The molecule has 2 amide bonds. The van der Waals surface area contributed by atoms with Gasteiger partial charge in [0.15, 0.2) is 0 Å². The minimum Gasteiger partial charge on any atom is -0.480 e. The van der Waals surface area contributed by atoms with Crippen LogP contribution in [0.3, 0.4) is 0 Å². The number of hydrogen-bond acceptors (Lipinski definition) is 5. The van der Waals surface area contributed by atoms with E-state index in [1.54, 1.807) is 7.05 Å². The van der Waals surface area contributed by atoms with Crippen molar-refractivity contribution in [2.24, 2.45) is 7.05 Å². The molecule has 1 aromatic heterocycles. The first-order valence-electron chi connectivity index (χ1n) is 11.5. The Balaban J connectivity index is 1.38. The smallest absolute Gasteiger partial charge is 0.407 e. The second-order valence-corrected chi connectivity index (χ2v) is 8.47. The van der Waals surface area contributed by atoms with Crippen molar-refractivity contribution in [1.29, 1.82) is 0 Å². The summed E-state index contributed by atoms with van der Waals surface area (Å²) in [5.74, 6) is -1.71. The Morgan fingerprint density at radius 2 is 1.71 bits per heavy atom. The first-order chi connectivity index (χ1) is 16.9. The second kappa shape index (κ2) is 10.4. The normalized spacial score (nSPS) is 13.0. The lowest BCUT2D eigenvalue weighted by molar-refractivity contribution is -0.139. The number of benzene rings is 2. The lowest BCUT2D eigenvalue weighted by Gasteiger charge is -2.15. The van der Waals surface area contributed by atoms with Crippen molar-refractivity contribution >= 4 is 18.0 Å². The highest BCUT2D eigenvalue weighted by Crippen LogP contribution is 2.44. The Bertz CT molecular complexity index is 1210. The molecule has 35 heavy (non-hydrogen) atoms. The van der Waals surface area contributed by atoms with Crippen molar-refractivity contribution in [2.45, 2.75) is 38.3 Å². The van der Waals surface area contributed by atoms with Crippen LogP contribution in [0.25, 0.3) is 11.1 Å².